The Bertz CT molecular complexity index is 68.8. The summed E-state index contributed by atoms with van der Waals surface area (Å²) in [5, 5.41) is 0. The van der Waals surface area contributed by atoms with E-state index in [1.165, 1.54) is 19.5 Å². The zero-order valence-electron chi connectivity index (χ0n) is 5.72. The molecule has 0 spiro atoms. The third-order valence-electron chi connectivity index (χ3n) is 1.56. The van der Waals surface area contributed by atoms with Crippen LogP contribution in [0.1, 0.15) is 6.42 Å². The fourth-order valence-electron chi connectivity index (χ4n) is 1.16. The summed E-state index contributed by atoms with van der Waals surface area (Å²) in [6.45, 7) is 2.66. The molecule has 1 aliphatic heterocycles. The van der Waals surface area contributed by atoms with Crippen LogP contribution in [0.15, 0.2) is 0 Å². The van der Waals surface area contributed by atoms with E-state index in [1.807, 2.05) is 0 Å². The molecule has 0 radical (unpaired) electrons. The minimum absolute atomic E-state index is 0.0239. The van der Waals surface area contributed by atoms with Crippen molar-refractivity contribution in [1.82, 2.24) is 7.77 Å². The summed E-state index contributed by atoms with van der Waals surface area (Å²) in [7, 11) is 4.45. The molecule has 8 heavy (non-hydrogen) atoms. The van der Waals surface area contributed by atoms with Gasteiger partial charge in [0.2, 0.25) is 0 Å². The highest BCUT2D eigenvalue weighted by Gasteiger charge is 2.12. The Hall–Kier alpha value is 0.452. The van der Waals surface area contributed by atoms with Gasteiger partial charge in [0.15, 0.2) is 0 Å². The van der Waals surface area contributed by atoms with Crippen LogP contribution in [0.25, 0.3) is 0 Å². The van der Waals surface area contributed by atoms with E-state index >= 15 is 0 Å². The van der Waals surface area contributed by atoms with Crippen molar-refractivity contribution in [2.24, 2.45) is 0 Å². The predicted molar refractivity (Wildman–Crippen MR) is 37.0 cm³/mol. The lowest BCUT2D eigenvalue weighted by Crippen LogP contribution is -2.43. The molecule has 46 valence electrons. The molecule has 1 heterocycles. The van der Waals surface area contributed by atoms with E-state index in [0.717, 1.165) is 0 Å². The first-order chi connectivity index (χ1) is 3.79. The van der Waals surface area contributed by atoms with Crippen molar-refractivity contribution in [3.05, 3.63) is 0 Å². The molecule has 0 amide bonds. The Labute approximate surface area is 57.6 Å². The average molecular weight is 128 g/mol. The summed E-state index contributed by atoms with van der Waals surface area (Å²) < 4.78 is 4.95. The van der Waals surface area contributed by atoms with Gasteiger partial charge in [-0.2, -0.15) is 0 Å². The van der Waals surface area contributed by atoms with Crippen LogP contribution in [0.2, 0.25) is 0 Å². The van der Waals surface area contributed by atoms with Crippen molar-refractivity contribution in [2.75, 3.05) is 27.2 Å². The number of nitrogens with zero attached hydrogens (tertiary/aromatic N) is 2. The van der Waals surface area contributed by atoms with Crippen LogP contribution < -0.4 is 0 Å². The monoisotopic (exact) mass is 128 g/mol. The molecule has 0 aromatic carbocycles. The van der Waals surface area contributed by atoms with Crippen LogP contribution in [0, 0.1) is 0 Å². The van der Waals surface area contributed by atoms with Crippen LogP contribution in [-0.2, 0) is 0 Å². The minimum Gasteiger partial charge on any atom is -0.377 e. The Balaban J connectivity index is 2.23. The van der Waals surface area contributed by atoms with Crippen molar-refractivity contribution in [2.45, 2.75) is 6.42 Å². The molecule has 0 unspecified atom stereocenters. The normalized spacial score (nSPS) is 25.2. The fraction of sp³-hybridized carbons (Fsp3) is 1.00. The van der Waals surface area contributed by atoms with Gasteiger partial charge in [0.1, 0.15) is 0 Å². The summed E-state index contributed by atoms with van der Waals surface area (Å²) in [5.41, 5.74) is 0. The number of rotatable bonds is 0. The Morgan fingerprint density at radius 1 is 1.12 bits per heavy atom. The summed E-state index contributed by atoms with van der Waals surface area (Å²) in [5.74, 6) is 0. The summed E-state index contributed by atoms with van der Waals surface area (Å²) >= 11 is 0.0239. The molecule has 0 aliphatic carbocycles. The summed E-state index contributed by atoms with van der Waals surface area (Å²) in [4.78, 5) is 0. The first kappa shape index (κ1) is 6.57. The standard InChI is InChI=1S/C5H12N2.Al.H/c1-6-4-3-5-7-2;;/h3-5H2,1-2H3;;/q-2;+2;. The highest BCUT2D eigenvalue weighted by atomic mass is 27.1. The van der Waals surface area contributed by atoms with E-state index in [1.54, 1.807) is 0 Å². The summed E-state index contributed by atoms with van der Waals surface area (Å²) in [6.07, 6.45) is 1.36. The van der Waals surface area contributed by atoms with Crippen molar-refractivity contribution in [1.29, 1.82) is 0 Å². The minimum atomic E-state index is 0.0239. The second-order valence-electron chi connectivity index (χ2n) is 2.65. The van der Waals surface area contributed by atoms with Gasteiger partial charge in [0.25, 0.3) is 0 Å². The molecule has 0 aromatic rings. The Morgan fingerprint density at radius 3 is 1.88 bits per heavy atom. The van der Waals surface area contributed by atoms with Gasteiger partial charge in [-0.05, 0) is 33.6 Å². The molecule has 2 nitrogen and oxygen atoms in total. The van der Waals surface area contributed by atoms with Gasteiger partial charge < -0.3 is 7.77 Å². The molecular formula is C5H13AlN2. The van der Waals surface area contributed by atoms with Crippen molar-refractivity contribution < 1.29 is 0 Å². The molecule has 1 fully saturated rings. The maximum Gasteiger partial charge on any atom is 0.462 e. The van der Waals surface area contributed by atoms with Crippen molar-refractivity contribution >= 4 is 15.7 Å². The molecule has 1 saturated heterocycles. The first-order valence-corrected chi connectivity index (χ1v) is 4.42. The zero-order valence-corrected chi connectivity index (χ0v) is 7.14. The smallest absolute Gasteiger partial charge is 0.377 e. The van der Waals surface area contributed by atoms with Gasteiger partial charge in [-0.3, -0.25) is 0 Å². The van der Waals surface area contributed by atoms with Crippen molar-refractivity contribution in [3.63, 3.8) is 0 Å². The number of hydrogen-bond acceptors (Lipinski definition) is 2. The molecular weight excluding hydrogens is 115 g/mol. The highest BCUT2D eigenvalue weighted by Crippen LogP contribution is 1.96. The van der Waals surface area contributed by atoms with Gasteiger partial charge in [-0.15, -0.1) is 0 Å². The fourth-order valence-corrected chi connectivity index (χ4v) is 2.72. The third kappa shape index (κ3) is 1.76. The molecule has 1 aliphatic rings. The molecule has 0 atom stereocenters. The molecule has 0 aromatic heterocycles. The maximum atomic E-state index is 2.48. The lowest BCUT2D eigenvalue weighted by atomic mass is 10.4. The largest absolute Gasteiger partial charge is 0.462 e. The van der Waals surface area contributed by atoms with E-state index in [4.69, 9.17) is 0 Å². The molecule has 0 saturated carbocycles. The average Bonchev–Trinajstić information content (AvgIpc) is 1.64. The van der Waals surface area contributed by atoms with Gasteiger partial charge in [-0.25, -0.2) is 0 Å². The first-order valence-electron chi connectivity index (χ1n) is 3.16. The zero-order chi connectivity index (χ0) is 5.98. The second kappa shape index (κ2) is 2.84. The summed E-state index contributed by atoms with van der Waals surface area (Å²) in [6, 6.07) is 0. The molecule has 0 N–H and O–H groups in total. The lowest BCUT2D eigenvalue weighted by Gasteiger charge is -2.28. The van der Waals surface area contributed by atoms with Gasteiger partial charge in [0, 0.05) is 0 Å². The highest BCUT2D eigenvalue weighted by molar-refractivity contribution is 6.28. The van der Waals surface area contributed by atoms with E-state index in [2.05, 4.69) is 21.9 Å². The van der Waals surface area contributed by atoms with E-state index in [-0.39, 0.29) is 15.7 Å². The van der Waals surface area contributed by atoms with E-state index in [9.17, 15) is 0 Å². The Morgan fingerprint density at radius 2 is 1.62 bits per heavy atom. The topological polar surface area (TPSA) is 6.48 Å². The predicted octanol–water partition coefficient (Wildman–Crippen LogP) is -0.480. The van der Waals surface area contributed by atoms with Crippen LogP contribution >= 0.6 is 0 Å². The lowest BCUT2D eigenvalue weighted by molar-refractivity contribution is 0.364. The van der Waals surface area contributed by atoms with Gasteiger partial charge in [-0.1, -0.05) is 0 Å². The van der Waals surface area contributed by atoms with E-state index in [0.29, 0.717) is 0 Å². The quantitative estimate of drug-likeness (QED) is 0.406. The Kier molecular flexibility index (Phi) is 2.33. The molecule has 1 rings (SSSR count). The van der Waals surface area contributed by atoms with Gasteiger partial charge in [0.05, 0.1) is 0 Å². The van der Waals surface area contributed by atoms with Crippen LogP contribution in [0.3, 0.4) is 0 Å². The second-order valence-corrected chi connectivity index (χ2v) is 5.10. The van der Waals surface area contributed by atoms with Crippen LogP contribution in [0.4, 0.5) is 0 Å². The van der Waals surface area contributed by atoms with Crippen LogP contribution in [-0.4, -0.2) is 50.6 Å². The molecule has 3 heteroatoms. The van der Waals surface area contributed by atoms with Crippen LogP contribution in [0.5, 0.6) is 0 Å². The third-order valence-corrected chi connectivity index (χ3v) is 3.16. The maximum absolute atomic E-state index is 2.48. The van der Waals surface area contributed by atoms with E-state index < -0.39 is 0 Å². The van der Waals surface area contributed by atoms with Gasteiger partial charge >= 0.3 is 15.7 Å². The SMILES string of the molecule is C[N]1CCC[N](C)[AlH]1. The molecule has 0 bridgehead atoms. The number of hydrogen-bond donors (Lipinski definition) is 0. The van der Waals surface area contributed by atoms with Crippen molar-refractivity contribution in [3.8, 4) is 0 Å².